The molecule has 0 saturated heterocycles. The van der Waals surface area contributed by atoms with Crippen molar-refractivity contribution in [2.24, 2.45) is 5.41 Å². The van der Waals surface area contributed by atoms with E-state index in [1.807, 2.05) is 0 Å². The lowest BCUT2D eigenvalue weighted by atomic mass is 9.86. The van der Waals surface area contributed by atoms with Gasteiger partial charge in [-0.1, -0.05) is 50.6 Å². The van der Waals surface area contributed by atoms with E-state index in [0.717, 1.165) is 0 Å². The summed E-state index contributed by atoms with van der Waals surface area (Å²) in [5, 5.41) is 0. The van der Waals surface area contributed by atoms with Crippen molar-refractivity contribution in [3.05, 3.63) is 35.5 Å². The molecule has 0 aromatic rings. The van der Waals surface area contributed by atoms with Crippen LogP contribution >= 0.6 is 0 Å². The summed E-state index contributed by atoms with van der Waals surface area (Å²) in [6.45, 7) is 13.0. The number of hydrogen-bond donors (Lipinski definition) is 0. The van der Waals surface area contributed by atoms with Crippen LogP contribution in [0.15, 0.2) is 35.5 Å². The second kappa shape index (κ2) is 5.06. The van der Waals surface area contributed by atoms with Crippen LogP contribution in [-0.4, -0.2) is 0 Å². The first kappa shape index (κ1) is 12.2. The molecule has 0 aromatic heterocycles. The lowest BCUT2D eigenvalue weighted by molar-refractivity contribution is 0.516. The highest BCUT2D eigenvalue weighted by Gasteiger charge is 2.12. The van der Waals surface area contributed by atoms with Crippen LogP contribution in [0.5, 0.6) is 0 Å². The monoisotopic (exact) mass is 178 g/mol. The summed E-state index contributed by atoms with van der Waals surface area (Å²) >= 11 is 0. The van der Waals surface area contributed by atoms with E-state index in [9.17, 15) is 0 Å². The Kier molecular flexibility index (Phi) is 4.76. The maximum Gasteiger partial charge on any atom is -0.0135 e. The van der Waals surface area contributed by atoms with E-state index in [-0.39, 0.29) is 5.41 Å². The van der Waals surface area contributed by atoms with Crippen molar-refractivity contribution in [3.63, 3.8) is 0 Å². The van der Waals surface area contributed by atoms with E-state index in [0.29, 0.717) is 0 Å². The van der Waals surface area contributed by atoms with E-state index in [2.05, 4.69) is 65.8 Å². The molecule has 0 radical (unpaired) electrons. The van der Waals surface area contributed by atoms with Gasteiger partial charge in [0.15, 0.2) is 0 Å². The molecule has 0 bridgehead atoms. The van der Waals surface area contributed by atoms with Gasteiger partial charge in [0.1, 0.15) is 0 Å². The standard InChI is InChI=1S/C13H22/c1-7-11(3)9-10-12(8-2)13(4,5)6/h7-10H,1-6H3/b10-9+,11-7+,12-8-. The minimum atomic E-state index is 0.249. The van der Waals surface area contributed by atoms with Crippen molar-refractivity contribution >= 4 is 0 Å². The molecule has 0 nitrogen and oxygen atoms in total. The van der Waals surface area contributed by atoms with Crippen molar-refractivity contribution in [3.8, 4) is 0 Å². The Morgan fingerprint density at radius 1 is 0.923 bits per heavy atom. The van der Waals surface area contributed by atoms with Gasteiger partial charge in [-0.2, -0.15) is 0 Å². The largest absolute Gasteiger partial charge is 0.0847 e. The van der Waals surface area contributed by atoms with Gasteiger partial charge in [0.05, 0.1) is 0 Å². The van der Waals surface area contributed by atoms with Crippen molar-refractivity contribution in [1.29, 1.82) is 0 Å². The van der Waals surface area contributed by atoms with E-state index in [4.69, 9.17) is 0 Å². The molecule has 0 N–H and O–H groups in total. The Morgan fingerprint density at radius 3 is 1.77 bits per heavy atom. The number of rotatable bonds is 2. The zero-order chi connectivity index (χ0) is 10.5. The van der Waals surface area contributed by atoms with Gasteiger partial charge in [-0.25, -0.2) is 0 Å². The van der Waals surface area contributed by atoms with E-state index in [1.165, 1.54) is 11.1 Å². The molecule has 0 rings (SSSR count). The first-order valence-corrected chi connectivity index (χ1v) is 4.89. The minimum Gasteiger partial charge on any atom is -0.0847 e. The van der Waals surface area contributed by atoms with Gasteiger partial charge < -0.3 is 0 Å². The Labute approximate surface area is 83.0 Å². The fourth-order valence-corrected chi connectivity index (χ4v) is 1.10. The first-order chi connectivity index (χ1) is 5.91. The van der Waals surface area contributed by atoms with Crippen LogP contribution in [0.2, 0.25) is 0 Å². The summed E-state index contributed by atoms with van der Waals surface area (Å²) in [5.41, 5.74) is 2.94. The predicted molar refractivity (Wildman–Crippen MR) is 61.8 cm³/mol. The van der Waals surface area contributed by atoms with Gasteiger partial charge in [0.2, 0.25) is 0 Å². The van der Waals surface area contributed by atoms with Crippen LogP contribution in [0.3, 0.4) is 0 Å². The molecule has 0 spiro atoms. The second-order valence-electron chi connectivity index (χ2n) is 4.36. The summed E-state index contributed by atoms with van der Waals surface area (Å²) in [5.74, 6) is 0. The summed E-state index contributed by atoms with van der Waals surface area (Å²) in [6, 6.07) is 0. The van der Waals surface area contributed by atoms with Crippen molar-refractivity contribution in [2.75, 3.05) is 0 Å². The van der Waals surface area contributed by atoms with Gasteiger partial charge in [-0.15, -0.1) is 0 Å². The van der Waals surface area contributed by atoms with Crippen LogP contribution < -0.4 is 0 Å². The average Bonchev–Trinajstić information content (AvgIpc) is 2.02. The molecule has 0 aromatic carbocycles. The molecule has 0 heterocycles. The molecule has 0 aliphatic heterocycles. The molecule has 0 saturated carbocycles. The van der Waals surface area contributed by atoms with Crippen LogP contribution in [0.25, 0.3) is 0 Å². The fourth-order valence-electron chi connectivity index (χ4n) is 1.10. The third kappa shape index (κ3) is 4.72. The predicted octanol–water partition coefficient (Wildman–Crippen LogP) is 4.50. The van der Waals surface area contributed by atoms with Gasteiger partial charge >= 0.3 is 0 Å². The topological polar surface area (TPSA) is 0 Å². The molecule has 0 fully saturated rings. The zero-order valence-corrected chi connectivity index (χ0v) is 9.81. The molecule has 0 aliphatic carbocycles. The van der Waals surface area contributed by atoms with E-state index >= 15 is 0 Å². The molecule has 0 aliphatic rings. The van der Waals surface area contributed by atoms with Crippen LogP contribution in [0, 0.1) is 5.41 Å². The summed E-state index contributed by atoms with van der Waals surface area (Å²) in [6.07, 6.45) is 8.67. The van der Waals surface area contributed by atoms with Crippen LogP contribution in [-0.2, 0) is 0 Å². The normalized spacial score (nSPS) is 15.5. The van der Waals surface area contributed by atoms with Crippen LogP contribution in [0.4, 0.5) is 0 Å². The lowest BCUT2D eigenvalue weighted by Crippen LogP contribution is -2.06. The molecule has 74 valence electrons. The van der Waals surface area contributed by atoms with Crippen molar-refractivity contribution < 1.29 is 0 Å². The highest BCUT2D eigenvalue weighted by atomic mass is 14.2. The number of allylic oxidation sites excluding steroid dienone is 6. The van der Waals surface area contributed by atoms with Gasteiger partial charge in [-0.05, 0) is 31.8 Å². The Bertz CT molecular complexity index is 231. The SMILES string of the molecule is C/C=C(/C=C/C(C)=C/C)C(C)(C)C. The Morgan fingerprint density at radius 2 is 1.46 bits per heavy atom. The minimum absolute atomic E-state index is 0.249. The zero-order valence-electron chi connectivity index (χ0n) is 9.81. The highest BCUT2D eigenvalue weighted by molar-refractivity contribution is 5.29. The van der Waals surface area contributed by atoms with Gasteiger partial charge in [-0.3, -0.25) is 0 Å². The second-order valence-corrected chi connectivity index (χ2v) is 4.36. The third-order valence-corrected chi connectivity index (χ3v) is 2.16. The molecule has 0 amide bonds. The molecule has 13 heavy (non-hydrogen) atoms. The molecule has 0 atom stereocenters. The first-order valence-electron chi connectivity index (χ1n) is 4.89. The number of hydrogen-bond acceptors (Lipinski definition) is 0. The average molecular weight is 178 g/mol. The quantitative estimate of drug-likeness (QED) is 0.546. The van der Waals surface area contributed by atoms with Crippen molar-refractivity contribution in [1.82, 2.24) is 0 Å². The Hall–Kier alpha value is -0.780. The van der Waals surface area contributed by atoms with E-state index in [1.54, 1.807) is 0 Å². The summed E-state index contributed by atoms with van der Waals surface area (Å²) < 4.78 is 0. The smallest absolute Gasteiger partial charge is 0.0135 e. The van der Waals surface area contributed by atoms with Gasteiger partial charge in [0, 0.05) is 0 Å². The third-order valence-electron chi connectivity index (χ3n) is 2.16. The Balaban J connectivity index is 4.60. The summed E-state index contributed by atoms with van der Waals surface area (Å²) in [7, 11) is 0. The maximum atomic E-state index is 2.23. The van der Waals surface area contributed by atoms with E-state index < -0.39 is 0 Å². The van der Waals surface area contributed by atoms with Crippen LogP contribution in [0.1, 0.15) is 41.5 Å². The fraction of sp³-hybridized carbons (Fsp3) is 0.538. The van der Waals surface area contributed by atoms with Crippen molar-refractivity contribution in [2.45, 2.75) is 41.5 Å². The highest BCUT2D eigenvalue weighted by Crippen LogP contribution is 2.26. The summed E-state index contributed by atoms with van der Waals surface area (Å²) in [4.78, 5) is 0. The molecular weight excluding hydrogens is 156 g/mol. The maximum absolute atomic E-state index is 2.23. The molecule has 0 heteroatoms. The molecule has 0 unspecified atom stereocenters. The lowest BCUT2D eigenvalue weighted by Gasteiger charge is -2.19. The molecular formula is C13H22. The van der Waals surface area contributed by atoms with Gasteiger partial charge in [0.25, 0.3) is 0 Å².